The van der Waals surface area contributed by atoms with Crippen LogP contribution in [0.2, 0.25) is 0 Å². The fourth-order valence-corrected chi connectivity index (χ4v) is 2.08. The highest BCUT2D eigenvalue weighted by Crippen LogP contribution is 2.19. The van der Waals surface area contributed by atoms with Crippen LogP contribution in [0.1, 0.15) is 38.1 Å². The van der Waals surface area contributed by atoms with Gasteiger partial charge < -0.3 is 14.8 Å². The first-order chi connectivity index (χ1) is 11.4. The van der Waals surface area contributed by atoms with Gasteiger partial charge >= 0.3 is 0 Å². The minimum absolute atomic E-state index is 0.0710. The van der Waals surface area contributed by atoms with E-state index in [1.165, 1.54) is 0 Å². The average Bonchev–Trinajstić information content (AvgIpc) is 2.53. The third kappa shape index (κ3) is 5.61. The van der Waals surface area contributed by atoms with Gasteiger partial charge in [-0.1, -0.05) is 19.9 Å². The van der Waals surface area contributed by atoms with Crippen LogP contribution in [0, 0.1) is 5.92 Å². The molecule has 0 saturated carbocycles. The molecule has 0 aliphatic heterocycles. The van der Waals surface area contributed by atoms with Crippen molar-refractivity contribution >= 4 is 11.6 Å². The smallest absolute Gasteiger partial charge is 0.255 e. The van der Waals surface area contributed by atoms with Crippen LogP contribution in [-0.4, -0.2) is 18.6 Å². The van der Waals surface area contributed by atoms with Crippen molar-refractivity contribution < 1.29 is 14.3 Å². The molecular formula is C20H25NO3. The molecule has 2 rings (SSSR count). The zero-order chi connectivity index (χ0) is 17.5. The van der Waals surface area contributed by atoms with Crippen LogP contribution in [-0.2, 0) is 0 Å². The van der Waals surface area contributed by atoms with E-state index in [2.05, 4.69) is 19.2 Å². The molecule has 0 radical (unpaired) electrons. The fourth-order valence-electron chi connectivity index (χ4n) is 2.08. The van der Waals surface area contributed by atoms with Gasteiger partial charge in [0.15, 0.2) is 0 Å². The molecule has 0 spiro atoms. The Hall–Kier alpha value is -2.49. The number of hydrogen-bond acceptors (Lipinski definition) is 3. The first-order valence-corrected chi connectivity index (χ1v) is 8.25. The van der Waals surface area contributed by atoms with Crippen molar-refractivity contribution in [1.29, 1.82) is 0 Å². The van der Waals surface area contributed by atoms with Gasteiger partial charge in [-0.05, 0) is 62.2 Å². The van der Waals surface area contributed by atoms with Crippen molar-refractivity contribution in [2.45, 2.75) is 33.8 Å². The van der Waals surface area contributed by atoms with E-state index in [0.29, 0.717) is 23.8 Å². The second kappa shape index (κ2) is 8.39. The molecule has 0 bridgehead atoms. The predicted molar refractivity (Wildman–Crippen MR) is 96.9 cm³/mol. The number of hydrogen-bond donors (Lipinski definition) is 1. The van der Waals surface area contributed by atoms with Crippen molar-refractivity contribution in [2.24, 2.45) is 5.92 Å². The Morgan fingerprint density at radius 1 is 1.00 bits per heavy atom. The summed E-state index contributed by atoms with van der Waals surface area (Å²) in [5.41, 5.74) is 1.29. The predicted octanol–water partition coefficient (Wildman–Crippen LogP) is 4.76. The normalized spacial score (nSPS) is 10.8. The number of nitrogens with one attached hydrogen (secondary N) is 1. The first-order valence-electron chi connectivity index (χ1n) is 8.25. The minimum atomic E-state index is -0.167. The summed E-state index contributed by atoms with van der Waals surface area (Å²) in [4.78, 5) is 12.4. The summed E-state index contributed by atoms with van der Waals surface area (Å²) in [5.74, 6) is 1.80. The topological polar surface area (TPSA) is 47.6 Å². The zero-order valence-corrected chi connectivity index (χ0v) is 14.7. The van der Waals surface area contributed by atoms with Crippen LogP contribution in [0.25, 0.3) is 0 Å². The van der Waals surface area contributed by atoms with E-state index in [0.717, 1.165) is 11.4 Å². The highest BCUT2D eigenvalue weighted by Gasteiger charge is 2.08. The second-order valence-corrected chi connectivity index (χ2v) is 6.38. The van der Waals surface area contributed by atoms with Crippen molar-refractivity contribution in [3.05, 3.63) is 54.1 Å². The van der Waals surface area contributed by atoms with E-state index in [-0.39, 0.29) is 12.0 Å². The van der Waals surface area contributed by atoms with E-state index in [4.69, 9.17) is 9.47 Å². The van der Waals surface area contributed by atoms with Gasteiger partial charge in [-0.15, -0.1) is 0 Å². The number of anilines is 1. The monoisotopic (exact) mass is 327 g/mol. The van der Waals surface area contributed by atoms with Gasteiger partial charge in [0, 0.05) is 11.3 Å². The molecule has 4 heteroatoms. The Kier molecular flexibility index (Phi) is 6.24. The average molecular weight is 327 g/mol. The lowest BCUT2D eigenvalue weighted by Crippen LogP contribution is -2.12. The van der Waals surface area contributed by atoms with Crippen molar-refractivity contribution in [3.63, 3.8) is 0 Å². The number of carbonyl (C=O) groups excluding carboxylic acids is 1. The van der Waals surface area contributed by atoms with E-state index in [9.17, 15) is 4.79 Å². The molecule has 0 heterocycles. The summed E-state index contributed by atoms with van der Waals surface area (Å²) >= 11 is 0. The number of carbonyl (C=O) groups is 1. The van der Waals surface area contributed by atoms with Gasteiger partial charge in [0.05, 0.1) is 12.7 Å². The van der Waals surface area contributed by atoms with E-state index < -0.39 is 0 Å². The van der Waals surface area contributed by atoms with Gasteiger partial charge in [-0.25, -0.2) is 0 Å². The Morgan fingerprint density at radius 3 is 2.33 bits per heavy atom. The van der Waals surface area contributed by atoms with Crippen LogP contribution < -0.4 is 14.8 Å². The van der Waals surface area contributed by atoms with E-state index >= 15 is 0 Å². The third-order valence-electron chi connectivity index (χ3n) is 3.16. The molecule has 4 nitrogen and oxygen atoms in total. The largest absolute Gasteiger partial charge is 0.493 e. The molecule has 1 N–H and O–H groups in total. The maximum absolute atomic E-state index is 12.4. The molecule has 0 saturated heterocycles. The van der Waals surface area contributed by atoms with E-state index in [1.807, 2.05) is 50.2 Å². The zero-order valence-electron chi connectivity index (χ0n) is 14.7. The molecule has 24 heavy (non-hydrogen) atoms. The highest BCUT2D eigenvalue weighted by atomic mass is 16.5. The molecular weight excluding hydrogens is 302 g/mol. The van der Waals surface area contributed by atoms with Gasteiger partial charge in [-0.3, -0.25) is 4.79 Å². The lowest BCUT2D eigenvalue weighted by Gasteiger charge is -2.12. The fraction of sp³-hybridized carbons (Fsp3) is 0.350. The summed E-state index contributed by atoms with van der Waals surface area (Å²) in [7, 11) is 0. The minimum Gasteiger partial charge on any atom is -0.493 e. The summed E-state index contributed by atoms with van der Waals surface area (Å²) in [6.45, 7) is 8.79. The van der Waals surface area contributed by atoms with Gasteiger partial charge in [-0.2, -0.15) is 0 Å². The van der Waals surface area contributed by atoms with Crippen LogP contribution >= 0.6 is 0 Å². The molecule has 0 atom stereocenters. The van der Waals surface area contributed by atoms with E-state index in [1.54, 1.807) is 12.1 Å². The second-order valence-electron chi connectivity index (χ2n) is 6.38. The Bertz CT molecular complexity index is 663. The van der Waals surface area contributed by atoms with Crippen molar-refractivity contribution in [3.8, 4) is 11.5 Å². The number of ether oxygens (including phenoxy) is 2. The molecule has 0 fully saturated rings. The van der Waals surface area contributed by atoms with Crippen molar-refractivity contribution in [2.75, 3.05) is 11.9 Å². The summed E-state index contributed by atoms with van der Waals surface area (Å²) in [5, 5.41) is 2.88. The number of rotatable bonds is 7. The van der Waals surface area contributed by atoms with Gasteiger partial charge in [0.2, 0.25) is 0 Å². The molecule has 2 aromatic carbocycles. The Labute approximate surface area is 143 Å². The molecule has 2 aromatic rings. The molecule has 0 aliphatic carbocycles. The van der Waals surface area contributed by atoms with Crippen molar-refractivity contribution in [1.82, 2.24) is 0 Å². The van der Waals surface area contributed by atoms with Crippen LogP contribution in [0.4, 0.5) is 5.69 Å². The molecule has 1 amide bonds. The number of amides is 1. The molecule has 0 aliphatic rings. The highest BCUT2D eigenvalue weighted by molar-refractivity contribution is 6.04. The van der Waals surface area contributed by atoms with Crippen LogP contribution in [0.5, 0.6) is 11.5 Å². The van der Waals surface area contributed by atoms with Crippen LogP contribution in [0.15, 0.2) is 48.5 Å². The maximum Gasteiger partial charge on any atom is 0.255 e. The first kappa shape index (κ1) is 17.9. The summed E-state index contributed by atoms with van der Waals surface area (Å²) in [6.07, 6.45) is 0.0710. The maximum atomic E-state index is 12.4. The third-order valence-corrected chi connectivity index (χ3v) is 3.16. The molecule has 128 valence electrons. The Balaban J connectivity index is 1.99. The Morgan fingerprint density at radius 2 is 1.71 bits per heavy atom. The van der Waals surface area contributed by atoms with Crippen LogP contribution in [0.3, 0.4) is 0 Å². The quantitative estimate of drug-likeness (QED) is 0.797. The molecule has 0 unspecified atom stereocenters. The van der Waals surface area contributed by atoms with Gasteiger partial charge in [0.1, 0.15) is 11.5 Å². The standard InChI is InChI=1S/C20H25NO3/c1-14(2)13-23-18-10-8-17(9-11-18)21-20(22)16-6-5-7-19(12-16)24-15(3)4/h5-12,14-15H,13H2,1-4H3,(H,21,22). The lowest BCUT2D eigenvalue weighted by molar-refractivity contribution is 0.102. The van der Waals surface area contributed by atoms with Gasteiger partial charge in [0.25, 0.3) is 5.91 Å². The summed E-state index contributed by atoms with van der Waals surface area (Å²) in [6, 6.07) is 14.6. The lowest BCUT2D eigenvalue weighted by atomic mass is 10.2. The number of benzene rings is 2. The SMILES string of the molecule is CC(C)COc1ccc(NC(=O)c2cccc(OC(C)C)c2)cc1. The molecule has 0 aromatic heterocycles. The summed E-state index contributed by atoms with van der Waals surface area (Å²) < 4.78 is 11.3.